The number of para-hydroxylation sites is 1. The zero-order valence-corrected chi connectivity index (χ0v) is 11.3. The van der Waals surface area contributed by atoms with Gasteiger partial charge in [-0.3, -0.25) is 9.63 Å². The van der Waals surface area contributed by atoms with E-state index >= 15 is 0 Å². The maximum atomic E-state index is 13.4. The largest absolute Gasteiger partial charge is 0.491 e. The van der Waals surface area contributed by atoms with Crippen LogP contribution in [-0.2, 0) is 4.84 Å². The number of benzene rings is 2. The lowest BCUT2D eigenvalue weighted by molar-refractivity contribution is 0.0197. The van der Waals surface area contributed by atoms with Gasteiger partial charge in [-0.05, 0) is 24.3 Å². The molecular formula is C15H12F3NO3. The molecule has 0 aliphatic carbocycles. The van der Waals surface area contributed by atoms with E-state index in [1.807, 2.05) is 11.5 Å². The third-order valence-electron chi connectivity index (χ3n) is 2.64. The lowest BCUT2D eigenvalue weighted by Crippen LogP contribution is -2.27. The molecule has 116 valence electrons. The molecule has 0 saturated carbocycles. The molecule has 0 aliphatic heterocycles. The molecular weight excluding hydrogens is 299 g/mol. The number of ether oxygens (including phenoxy) is 1. The van der Waals surface area contributed by atoms with E-state index in [0.29, 0.717) is 11.8 Å². The standard InChI is InChI=1S/C15H12F3NO3/c16-12-7-6-11(13(17)14(12)18)15(20)19-22-9-8-21-10-4-2-1-3-5-10/h1-7H,8-9H2,(H,19,20). The van der Waals surface area contributed by atoms with Gasteiger partial charge in [-0.15, -0.1) is 0 Å². The summed E-state index contributed by atoms with van der Waals surface area (Å²) in [5.74, 6) is -5.03. The third-order valence-corrected chi connectivity index (χ3v) is 2.64. The number of rotatable bonds is 6. The first-order valence-corrected chi connectivity index (χ1v) is 6.33. The quantitative estimate of drug-likeness (QED) is 0.507. The van der Waals surface area contributed by atoms with Crippen LogP contribution >= 0.6 is 0 Å². The van der Waals surface area contributed by atoms with Crippen molar-refractivity contribution in [3.05, 3.63) is 65.5 Å². The first-order chi connectivity index (χ1) is 10.6. The molecule has 0 atom stereocenters. The number of halogens is 3. The van der Waals surface area contributed by atoms with Crippen LogP contribution in [0.1, 0.15) is 10.4 Å². The number of nitrogens with one attached hydrogen (secondary N) is 1. The molecule has 0 radical (unpaired) electrons. The SMILES string of the molecule is O=C(NOCCOc1ccccc1)c1ccc(F)c(F)c1F. The van der Waals surface area contributed by atoms with Crippen molar-refractivity contribution < 1.29 is 27.5 Å². The molecule has 2 aromatic carbocycles. The van der Waals surface area contributed by atoms with Crippen molar-refractivity contribution in [2.75, 3.05) is 13.2 Å². The fourth-order valence-electron chi connectivity index (χ4n) is 1.59. The highest BCUT2D eigenvalue weighted by atomic mass is 19.2. The fraction of sp³-hybridized carbons (Fsp3) is 0.133. The lowest BCUT2D eigenvalue weighted by atomic mass is 10.2. The van der Waals surface area contributed by atoms with E-state index in [1.54, 1.807) is 24.3 Å². The van der Waals surface area contributed by atoms with Crippen molar-refractivity contribution in [1.29, 1.82) is 0 Å². The second-order valence-electron chi connectivity index (χ2n) is 4.16. The summed E-state index contributed by atoms with van der Waals surface area (Å²) in [6, 6.07) is 10.4. The number of hydroxylamine groups is 1. The number of carbonyl (C=O) groups is 1. The molecule has 0 spiro atoms. The molecule has 1 amide bonds. The first kappa shape index (κ1) is 15.8. The van der Waals surface area contributed by atoms with E-state index in [9.17, 15) is 18.0 Å². The molecule has 2 aromatic rings. The zero-order valence-electron chi connectivity index (χ0n) is 11.3. The predicted molar refractivity (Wildman–Crippen MR) is 71.7 cm³/mol. The van der Waals surface area contributed by atoms with Crippen molar-refractivity contribution in [2.45, 2.75) is 0 Å². The topological polar surface area (TPSA) is 47.6 Å². The highest BCUT2D eigenvalue weighted by Crippen LogP contribution is 2.15. The van der Waals surface area contributed by atoms with Crippen molar-refractivity contribution in [3.63, 3.8) is 0 Å². The fourth-order valence-corrected chi connectivity index (χ4v) is 1.59. The van der Waals surface area contributed by atoms with Crippen LogP contribution in [0, 0.1) is 17.5 Å². The Hall–Kier alpha value is -2.54. The van der Waals surface area contributed by atoms with Crippen LogP contribution in [0.3, 0.4) is 0 Å². The Morgan fingerprint density at radius 3 is 2.41 bits per heavy atom. The van der Waals surface area contributed by atoms with Crippen LogP contribution in [0.4, 0.5) is 13.2 Å². The van der Waals surface area contributed by atoms with E-state index in [0.717, 1.165) is 6.07 Å². The zero-order chi connectivity index (χ0) is 15.9. The first-order valence-electron chi connectivity index (χ1n) is 6.33. The van der Waals surface area contributed by atoms with Gasteiger partial charge in [0, 0.05) is 0 Å². The minimum absolute atomic E-state index is 0.00801. The highest BCUT2D eigenvalue weighted by molar-refractivity contribution is 5.93. The molecule has 7 heteroatoms. The Bertz CT molecular complexity index is 650. The molecule has 1 N–H and O–H groups in total. The van der Waals surface area contributed by atoms with Crippen molar-refractivity contribution in [3.8, 4) is 5.75 Å². The Labute approximate surface area is 124 Å². The van der Waals surface area contributed by atoms with Gasteiger partial charge in [-0.2, -0.15) is 0 Å². The number of carbonyl (C=O) groups excluding carboxylic acids is 1. The average molecular weight is 311 g/mol. The third kappa shape index (κ3) is 3.98. The minimum Gasteiger partial charge on any atom is -0.491 e. The van der Waals surface area contributed by atoms with Crippen LogP contribution in [0.5, 0.6) is 5.75 Å². The van der Waals surface area contributed by atoms with Gasteiger partial charge in [0.15, 0.2) is 17.5 Å². The summed E-state index contributed by atoms with van der Waals surface area (Å²) in [5, 5.41) is 0. The van der Waals surface area contributed by atoms with Gasteiger partial charge in [0.05, 0.1) is 5.56 Å². The van der Waals surface area contributed by atoms with Gasteiger partial charge in [0.25, 0.3) is 5.91 Å². The summed E-state index contributed by atoms with van der Waals surface area (Å²) in [7, 11) is 0. The summed E-state index contributed by atoms with van der Waals surface area (Å²) in [6.07, 6.45) is 0. The van der Waals surface area contributed by atoms with Crippen molar-refractivity contribution in [1.82, 2.24) is 5.48 Å². The molecule has 0 unspecified atom stereocenters. The highest BCUT2D eigenvalue weighted by Gasteiger charge is 2.18. The van der Waals surface area contributed by atoms with E-state index in [2.05, 4.69) is 0 Å². The van der Waals surface area contributed by atoms with Gasteiger partial charge < -0.3 is 4.74 Å². The Morgan fingerprint density at radius 2 is 1.68 bits per heavy atom. The van der Waals surface area contributed by atoms with Gasteiger partial charge >= 0.3 is 0 Å². The monoisotopic (exact) mass is 311 g/mol. The van der Waals surface area contributed by atoms with Crippen molar-refractivity contribution >= 4 is 5.91 Å². The maximum Gasteiger partial charge on any atom is 0.277 e. The summed E-state index contributed by atoms with van der Waals surface area (Å²) >= 11 is 0. The maximum absolute atomic E-state index is 13.4. The number of amides is 1. The molecule has 0 aromatic heterocycles. The molecule has 2 rings (SSSR count). The smallest absolute Gasteiger partial charge is 0.277 e. The van der Waals surface area contributed by atoms with Crippen LogP contribution in [-0.4, -0.2) is 19.1 Å². The molecule has 0 aliphatic rings. The molecule has 0 heterocycles. The normalized spacial score (nSPS) is 10.3. The van der Waals surface area contributed by atoms with E-state index in [-0.39, 0.29) is 13.2 Å². The van der Waals surface area contributed by atoms with Gasteiger partial charge in [-0.25, -0.2) is 18.7 Å². The molecule has 22 heavy (non-hydrogen) atoms. The predicted octanol–water partition coefficient (Wildman–Crippen LogP) is 2.84. The summed E-state index contributed by atoms with van der Waals surface area (Å²) < 4.78 is 44.4. The summed E-state index contributed by atoms with van der Waals surface area (Å²) in [5.41, 5.74) is 1.27. The Kier molecular flexibility index (Phi) is 5.37. The van der Waals surface area contributed by atoms with Crippen LogP contribution in [0.25, 0.3) is 0 Å². The number of hydrogen-bond acceptors (Lipinski definition) is 3. The van der Waals surface area contributed by atoms with E-state index in [4.69, 9.17) is 9.57 Å². The van der Waals surface area contributed by atoms with Gasteiger partial charge in [0.1, 0.15) is 19.0 Å². The van der Waals surface area contributed by atoms with E-state index in [1.165, 1.54) is 0 Å². The second-order valence-corrected chi connectivity index (χ2v) is 4.16. The molecule has 0 saturated heterocycles. The van der Waals surface area contributed by atoms with Crippen LogP contribution in [0.15, 0.2) is 42.5 Å². The van der Waals surface area contributed by atoms with Crippen molar-refractivity contribution in [2.24, 2.45) is 0 Å². The van der Waals surface area contributed by atoms with Gasteiger partial charge in [-0.1, -0.05) is 18.2 Å². The van der Waals surface area contributed by atoms with Gasteiger partial charge in [0.2, 0.25) is 0 Å². The average Bonchev–Trinajstić information content (AvgIpc) is 2.53. The Balaban J connectivity index is 1.78. The van der Waals surface area contributed by atoms with Crippen LogP contribution < -0.4 is 10.2 Å². The summed E-state index contributed by atoms with van der Waals surface area (Å²) in [6.45, 7) is 0.135. The van der Waals surface area contributed by atoms with Crippen LogP contribution in [0.2, 0.25) is 0 Å². The lowest BCUT2D eigenvalue weighted by Gasteiger charge is -2.08. The Morgan fingerprint density at radius 1 is 0.955 bits per heavy atom. The van der Waals surface area contributed by atoms with E-state index < -0.39 is 28.9 Å². The minimum atomic E-state index is -1.71. The molecule has 4 nitrogen and oxygen atoms in total. The second kappa shape index (κ2) is 7.46. The molecule has 0 bridgehead atoms. The number of hydrogen-bond donors (Lipinski definition) is 1. The summed E-state index contributed by atoms with van der Waals surface area (Å²) in [4.78, 5) is 16.3. The molecule has 0 fully saturated rings.